The minimum atomic E-state index is -0.260. The van der Waals surface area contributed by atoms with Crippen molar-refractivity contribution in [3.63, 3.8) is 0 Å². The first kappa shape index (κ1) is 11.6. The third-order valence-corrected chi connectivity index (χ3v) is 3.40. The SMILES string of the molecule is Nc1ccc(C(=O)Nc2ccc3ncsc3c2)nc1. The molecule has 1 amide bonds. The van der Waals surface area contributed by atoms with Crippen molar-refractivity contribution in [1.82, 2.24) is 9.97 Å². The Morgan fingerprint density at radius 1 is 1.21 bits per heavy atom. The molecule has 0 radical (unpaired) electrons. The van der Waals surface area contributed by atoms with Gasteiger partial charge in [-0.15, -0.1) is 11.3 Å². The molecule has 0 aliphatic rings. The number of amides is 1. The Kier molecular flexibility index (Phi) is 2.85. The molecule has 0 unspecified atom stereocenters. The van der Waals surface area contributed by atoms with Gasteiger partial charge in [-0.05, 0) is 30.3 Å². The predicted molar refractivity (Wildman–Crippen MR) is 76.2 cm³/mol. The molecule has 0 saturated carbocycles. The Labute approximate surface area is 113 Å². The molecule has 0 aliphatic carbocycles. The molecule has 0 atom stereocenters. The van der Waals surface area contributed by atoms with Gasteiger partial charge in [-0.1, -0.05) is 0 Å². The Morgan fingerprint density at radius 3 is 2.89 bits per heavy atom. The number of aromatic nitrogens is 2. The number of rotatable bonds is 2. The van der Waals surface area contributed by atoms with Gasteiger partial charge in [0, 0.05) is 5.69 Å². The van der Waals surface area contributed by atoms with Gasteiger partial charge >= 0.3 is 0 Å². The number of hydrogen-bond acceptors (Lipinski definition) is 5. The van der Waals surface area contributed by atoms with E-state index in [1.807, 2.05) is 18.2 Å². The number of hydrogen-bond donors (Lipinski definition) is 2. The molecule has 6 heteroatoms. The van der Waals surface area contributed by atoms with Crippen LogP contribution < -0.4 is 11.1 Å². The number of nitrogens with zero attached hydrogens (tertiary/aromatic N) is 2. The number of anilines is 2. The molecule has 2 aromatic heterocycles. The molecule has 3 aromatic rings. The van der Waals surface area contributed by atoms with E-state index in [4.69, 9.17) is 5.73 Å². The van der Waals surface area contributed by atoms with E-state index in [1.54, 1.807) is 17.6 Å². The lowest BCUT2D eigenvalue weighted by molar-refractivity contribution is 0.102. The number of carbonyl (C=O) groups is 1. The molecule has 0 spiro atoms. The van der Waals surface area contributed by atoms with E-state index in [-0.39, 0.29) is 5.91 Å². The summed E-state index contributed by atoms with van der Waals surface area (Å²) in [6.45, 7) is 0. The third kappa shape index (κ3) is 2.38. The summed E-state index contributed by atoms with van der Waals surface area (Å²) in [6, 6.07) is 8.82. The van der Waals surface area contributed by atoms with Crippen LogP contribution in [-0.2, 0) is 0 Å². The number of fused-ring (bicyclic) bond motifs is 1. The second-order valence-corrected chi connectivity index (χ2v) is 4.85. The molecule has 0 aliphatic heterocycles. The fraction of sp³-hybridized carbons (Fsp3) is 0. The van der Waals surface area contributed by atoms with Gasteiger partial charge in [0.25, 0.3) is 5.91 Å². The fourth-order valence-corrected chi connectivity index (χ4v) is 2.38. The second kappa shape index (κ2) is 4.66. The number of nitrogens with two attached hydrogens (primary N) is 1. The summed E-state index contributed by atoms with van der Waals surface area (Å²) in [5, 5.41) is 2.80. The molecule has 0 fully saturated rings. The lowest BCUT2D eigenvalue weighted by Gasteiger charge is -2.04. The zero-order valence-electron chi connectivity index (χ0n) is 9.83. The van der Waals surface area contributed by atoms with Crippen LogP contribution in [0.25, 0.3) is 10.2 Å². The summed E-state index contributed by atoms with van der Waals surface area (Å²) in [7, 11) is 0. The van der Waals surface area contributed by atoms with E-state index in [0.717, 1.165) is 15.9 Å². The van der Waals surface area contributed by atoms with E-state index in [2.05, 4.69) is 15.3 Å². The van der Waals surface area contributed by atoms with E-state index >= 15 is 0 Å². The van der Waals surface area contributed by atoms with Crippen LogP contribution in [-0.4, -0.2) is 15.9 Å². The summed E-state index contributed by atoms with van der Waals surface area (Å²) in [5.74, 6) is -0.260. The zero-order valence-corrected chi connectivity index (χ0v) is 10.6. The lowest BCUT2D eigenvalue weighted by atomic mass is 10.2. The second-order valence-electron chi connectivity index (χ2n) is 3.97. The summed E-state index contributed by atoms with van der Waals surface area (Å²) in [5.41, 5.74) is 9.82. The minimum Gasteiger partial charge on any atom is -0.397 e. The number of thiazole rings is 1. The van der Waals surface area contributed by atoms with Gasteiger partial charge in [0.05, 0.1) is 27.6 Å². The highest BCUT2D eigenvalue weighted by Crippen LogP contribution is 2.22. The quantitative estimate of drug-likeness (QED) is 0.749. The van der Waals surface area contributed by atoms with E-state index in [9.17, 15) is 4.79 Å². The fourth-order valence-electron chi connectivity index (χ4n) is 1.67. The minimum absolute atomic E-state index is 0.260. The van der Waals surface area contributed by atoms with Crippen molar-refractivity contribution < 1.29 is 4.79 Å². The van der Waals surface area contributed by atoms with E-state index in [1.165, 1.54) is 17.5 Å². The van der Waals surface area contributed by atoms with Gasteiger partial charge < -0.3 is 11.1 Å². The highest BCUT2D eigenvalue weighted by molar-refractivity contribution is 7.16. The van der Waals surface area contributed by atoms with E-state index < -0.39 is 0 Å². The molecule has 1 aromatic carbocycles. The van der Waals surface area contributed by atoms with Crippen molar-refractivity contribution in [2.75, 3.05) is 11.1 Å². The molecular weight excluding hydrogens is 260 g/mol. The first-order chi connectivity index (χ1) is 9.22. The first-order valence-electron chi connectivity index (χ1n) is 5.58. The van der Waals surface area contributed by atoms with Crippen LogP contribution in [0, 0.1) is 0 Å². The van der Waals surface area contributed by atoms with Crippen LogP contribution in [0.1, 0.15) is 10.5 Å². The van der Waals surface area contributed by atoms with Gasteiger partial charge in [-0.3, -0.25) is 4.79 Å². The Hall–Kier alpha value is -2.47. The van der Waals surface area contributed by atoms with E-state index in [0.29, 0.717) is 11.4 Å². The number of nitrogen functional groups attached to an aromatic ring is 1. The molecule has 5 nitrogen and oxygen atoms in total. The topological polar surface area (TPSA) is 80.9 Å². The number of carbonyl (C=O) groups excluding carboxylic acids is 1. The van der Waals surface area contributed by atoms with Crippen LogP contribution in [0.5, 0.6) is 0 Å². The van der Waals surface area contributed by atoms with Crippen LogP contribution in [0.4, 0.5) is 11.4 Å². The predicted octanol–water partition coefficient (Wildman–Crippen LogP) is 2.53. The number of pyridine rings is 1. The summed E-state index contributed by atoms with van der Waals surface area (Å²) < 4.78 is 1.03. The molecule has 94 valence electrons. The molecule has 3 rings (SSSR count). The van der Waals surface area contributed by atoms with Gasteiger partial charge in [0.2, 0.25) is 0 Å². The summed E-state index contributed by atoms with van der Waals surface area (Å²) in [4.78, 5) is 20.1. The van der Waals surface area contributed by atoms with Gasteiger partial charge in [-0.25, -0.2) is 9.97 Å². The van der Waals surface area contributed by atoms with Gasteiger partial charge in [0.1, 0.15) is 5.69 Å². The van der Waals surface area contributed by atoms with Crippen molar-refractivity contribution >= 4 is 38.8 Å². The largest absolute Gasteiger partial charge is 0.397 e. The highest BCUT2D eigenvalue weighted by atomic mass is 32.1. The Morgan fingerprint density at radius 2 is 2.11 bits per heavy atom. The van der Waals surface area contributed by atoms with Crippen molar-refractivity contribution in [2.45, 2.75) is 0 Å². The number of benzene rings is 1. The lowest BCUT2D eigenvalue weighted by Crippen LogP contribution is -2.13. The monoisotopic (exact) mass is 270 g/mol. The molecule has 19 heavy (non-hydrogen) atoms. The summed E-state index contributed by atoms with van der Waals surface area (Å²) in [6.07, 6.45) is 1.46. The Balaban J connectivity index is 1.83. The van der Waals surface area contributed by atoms with Gasteiger partial charge in [-0.2, -0.15) is 0 Å². The van der Waals surface area contributed by atoms with Crippen LogP contribution in [0.15, 0.2) is 42.0 Å². The van der Waals surface area contributed by atoms with Crippen molar-refractivity contribution in [3.05, 3.63) is 47.7 Å². The maximum atomic E-state index is 12.0. The van der Waals surface area contributed by atoms with Crippen molar-refractivity contribution in [3.8, 4) is 0 Å². The van der Waals surface area contributed by atoms with Crippen LogP contribution >= 0.6 is 11.3 Å². The van der Waals surface area contributed by atoms with Crippen molar-refractivity contribution in [1.29, 1.82) is 0 Å². The van der Waals surface area contributed by atoms with Crippen LogP contribution in [0.3, 0.4) is 0 Å². The molecule has 2 heterocycles. The zero-order chi connectivity index (χ0) is 13.2. The maximum absolute atomic E-state index is 12.0. The van der Waals surface area contributed by atoms with Crippen molar-refractivity contribution in [2.24, 2.45) is 0 Å². The highest BCUT2D eigenvalue weighted by Gasteiger charge is 2.08. The average Bonchev–Trinajstić information content (AvgIpc) is 2.87. The van der Waals surface area contributed by atoms with Gasteiger partial charge in [0.15, 0.2) is 0 Å². The van der Waals surface area contributed by atoms with Crippen LogP contribution in [0.2, 0.25) is 0 Å². The molecule has 0 saturated heterocycles. The smallest absolute Gasteiger partial charge is 0.274 e. The standard InChI is InChI=1S/C13H10N4OS/c14-8-1-3-11(15-6-8)13(18)17-9-2-4-10-12(5-9)19-7-16-10/h1-7H,14H2,(H,17,18). The summed E-state index contributed by atoms with van der Waals surface area (Å²) >= 11 is 1.53. The number of nitrogens with one attached hydrogen (secondary N) is 1. The molecule has 0 bridgehead atoms. The Bertz CT molecular complexity index is 736. The molecule has 3 N–H and O–H groups in total. The first-order valence-corrected chi connectivity index (χ1v) is 6.46. The normalized spacial score (nSPS) is 10.5. The third-order valence-electron chi connectivity index (χ3n) is 2.61. The molecular formula is C13H10N4OS. The average molecular weight is 270 g/mol. The maximum Gasteiger partial charge on any atom is 0.274 e.